The number of rotatable bonds is 10. The molecule has 0 N–H and O–H groups in total. The van der Waals surface area contributed by atoms with Crippen LogP contribution >= 0.6 is 0 Å². The van der Waals surface area contributed by atoms with Gasteiger partial charge in [-0.3, -0.25) is 0 Å². The van der Waals surface area contributed by atoms with E-state index >= 15 is 0 Å². The summed E-state index contributed by atoms with van der Waals surface area (Å²) in [5.74, 6) is -0.350. The van der Waals surface area contributed by atoms with Crippen molar-refractivity contribution < 1.29 is 17.8 Å². The van der Waals surface area contributed by atoms with Gasteiger partial charge in [0.25, 0.3) is 0 Å². The number of ether oxygens (including phenoxy) is 1. The Balaban J connectivity index is 3.74. The second kappa shape index (κ2) is 10.7. The lowest BCUT2D eigenvalue weighted by Gasteiger charge is -2.19. The van der Waals surface area contributed by atoms with Crippen molar-refractivity contribution in [1.82, 2.24) is 0 Å². The van der Waals surface area contributed by atoms with E-state index in [1.165, 1.54) is 6.08 Å². The van der Waals surface area contributed by atoms with E-state index < -0.39 is 27.4 Å². The molecule has 0 aliphatic heterocycles. The van der Waals surface area contributed by atoms with Crippen LogP contribution in [0.1, 0.15) is 12.8 Å². The van der Waals surface area contributed by atoms with Crippen LogP contribution in [0.2, 0.25) is 32.2 Å². The number of carbonyl (C=O) groups excluding carboxylic acids is 1. The molecule has 0 spiro atoms. The number of esters is 1. The molecule has 0 fully saturated rings. The van der Waals surface area contributed by atoms with Gasteiger partial charge in [-0.2, -0.15) is 0 Å². The largest absolute Gasteiger partial charge is 0.463 e. The molecule has 0 heterocycles. The van der Waals surface area contributed by atoms with Crippen molar-refractivity contribution in [2.24, 2.45) is 0 Å². The van der Waals surface area contributed by atoms with Gasteiger partial charge in [0.1, 0.15) is 0 Å². The molecule has 105 valence electrons. The fourth-order valence-corrected chi connectivity index (χ4v) is 7.68. The second-order valence-corrected chi connectivity index (χ2v) is 11.9. The molecule has 1 radical (unpaired) electrons. The second-order valence-electron chi connectivity index (χ2n) is 4.53. The molecule has 0 aliphatic rings. The maximum atomic E-state index is 10.8. The molecule has 0 saturated heterocycles. The lowest BCUT2D eigenvalue weighted by molar-refractivity contribution is -0.137. The van der Waals surface area contributed by atoms with Crippen LogP contribution in [0, 0.1) is 0 Å². The van der Waals surface area contributed by atoms with Crippen LogP contribution in [-0.4, -0.2) is 39.9 Å². The van der Waals surface area contributed by atoms with Crippen LogP contribution < -0.4 is 0 Å². The van der Waals surface area contributed by atoms with E-state index in [0.29, 0.717) is 6.61 Å². The fourth-order valence-electron chi connectivity index (χ4n) is 1.27. The summed E-state index contributed by atoms with van der Waals surface area (Å²) < 4.78 is 16.8. The van der Waals surface area contributed by atoms with Crippen molar-refractivity contribution >= 4 is 33.3 Å². The monoisotopic (exact) mass is 305 g/mol. The predicted octanol–water partition coefficient (Wildman–Crippen LogP) is 1.98. The van der Waals surface area contributed by atoms with Crippen LogP contribution in [0.3, 0.4) is 0 Å². The van der Waals surface area contributed by atoms with Crippen LogP contribution in [0.5, 0.6) is 0 Å². The minimum atomic E-state index is -1.09. The Kier molecular flexibility index (Phi) is 10.6. The Labute approximate surface area is 116 Å². The summed E-state index contributed by atoms with van der Waals surface area (Å²) in [7, 11) is -3.13. The third-order valence-electron chi connectivity index (χ3n) is 1.92. The Bertz CT molecular complexity index is 236. The molecule has 0 rings (SSSR count). The number of hydrogen-bond donors (Lipinski definition) is 0. The van der Waals surface area contributed by atoms with Gasteiger partial charge in [0.05, 0.1) is 6.61 Å². The first-order chi connectivity index (χ1) is 8.45. The zero-order chi connectivity index (χ0) is 14.0. The SMILES string of the molecule is C=CC(=O)OCCCC[Si](O[SiH](C)C)O[SiH](C)C. The fraction of sp³-hybridized carbons (Fsp3) is 0.727. The number of unbranched alkanes of at least 4 members (excludes halogenated alkanes) is 1. The minimum Gasteiger partial charge on any atom is -0.463 e. The van der Waals surface area contributed by atoms with Crippen molar-refractivity contribution in [2.75, 3.05) is 6.61 Å². The maximum Gasteiger partial charge on any atom is 0.362 e. The highest BCUT2D eigenvalue weighted by Gasteiger charge is 2.18. The van der Waals surface area contributed by atoms with Crippen molar-refractivity contribution in [1.29, 1.82) is 0 Å². The average molecular weight is 306 g/mol. The summed E-state index contributed by atoms with van der Waals surface area (Å²) in [5.41, 5.74) is 0. The molecule has 0 unspecified atom stereocenters. The van der Waals surface area contributed by atoms with E-state index in [1.54, 1.807) is 0 Å². The van der Waals surface area contributed by atoms with Crippen LogP contribution in [-0.2, 0) is 17.8 Å². The first kappa shape index (κ1) is 17.8. The molecular weight excluding hydrogens is 280 g/mol. The zero-order valence-corrected chi connectivity index (χ0v) is 15.2. The van der Waals surface area contributed by atoms with Gasteiger partial charge in [-0.15, -0.1) is 0 Å². The first-order valence-electron chi connectivity index (χ1n) is 6.44. The van der Waals surface area contributed by atoms with Gasteiger partial charge in [0.15, 0.2) is 18.1 Å². The smallest absolute Gasteiger partial charge is 0.362 e. The van der Waals surface area contributed by atoms with Gasteiger partial charge in [-0.1, -0.05) is 6.58 Å². The van der Waals surface area contributed by atoms with Crippen LogP contribution in [0.15, 0.2) is 12.7 Å². The quantitative estimate of drug-likeness (QED) is 0.268. The van der Waals surface area contributed by atoms with Crippen molar-refractivity contribution in [3.05, 3.63) is 12.7 Å². The van der Waals surface area contributed by atoms with Crippen LogP contribution in [0.4, 0.5) is 0 Å². The summed E-state index contributed by atoms with van der Waals surface area (Å²) in [5, 5.41) is 0. The molecule has 0 amide bonds. The average Bonchev–Trinajstić information content (AvgIpc) is 2.26. The van der Waals surface area contributed by atoms with Gasteiger partial charge in [0, 0.05) is 6.08 Å². The molecule has 0 atom stereocenters. The van der Waals surface area contributed by atoms with Gasteiger partial charge < -0.3 is 13.0 Å². The molecule has 0 saturated carbocycles. The summed E-state index contributed by atoms with van der Waals surface area (Å²) in [6, 6.07) is 0.979. The van der Waals surface area contributed by atoms with Crippen molar-refractivity contribution in [3.8, 4) is 0 Å². The molecular formula is C11H25O4Si3. The maximum absolute atomic E-state index is 10.8. The standard InChI is InChI=1S/C11H25O4Si3/c1-6-11(12)13-9-7-8-10-18(14-16(2)3)15-17(4)5/h6,16-17H,1,7-10H2,2-5H3. The topological polar surface area (TPSA) is 44.8 Å². The number of hydrogen-bond acceptors (Lipinski definition) is 4. The van der Waals surface area contributed by atoms with Gasteiger partial charge in [-0.25, -0.2) is 4.79 Å². The lowest BCUT2D eigenvalue weighted by Crippen LogP contribution is -2.32. The van der Waals surface area contributed by atoms with E-state index in [0.717, 1.165) is 18.9 Å². The van der Waals surface area contributed by atoms with Crippen LogP contribution in [0.25, 0.3) is 0 Å². The van der Waals surface area contributed by atoms with Gasteiger partial charge >= 0.3 is 15.3 Å². The minimum absolute atomic E-state index is 0.350. The van der Waals surface area contributed by atoms with Gasteiger partial charge in [0.2, 0.25) is 0 Å². The summed E-state index contributed by atoms with van der Waals surface area (Å²) in [4.78, 5) is 10.8. The van der Waals surface area contributed by atoms with E-state index in [-0.39, 0.29) is 5.97 Å². The van der Waals surface area contributed by atoms with E-state index in [2.05, 4.69) is 32.8 Å². The Morgan fingerprint density at radius 1 is 1.17 bits per heavy atom. The predicted molar refractivity (Wildman–Crippen MR) is 80.9 cm³/mol. The zero-order valence-electron chi connectivity index (χ0n) is 11.9. The molecule has 4 nitrogen and oxygen atoms in total. The Morgan fingerprint density at radius 2 is 1.72 bits per heavy atom. The normalized spacial score (nSPS) is 11.3. The third-order valence-corrected chi connectivity index (χ3v) is 8.56. The highest BCUT2D eigenvalue weighted by atomic mass is 28.4. The third kappa shape index (κ3) is 10.9. The van der Waals surface area contributed by atoms with E-state index in [9.17, 15) is 4.79 Å². The van der Waals surface area contributed by atoms with Crippen molar-refractivity contribution in [3.63, 3.8) is 0 Å². The molecule has 0 bridgehead atoms. The molecule has 7 heteroatoms. The summed E-state index contributed by atoms with van der Waals surface area (Å²) >= 11 is 0. The van der Waals surface area contributed by atoms with Crippen molar-refractivity contribution in [2.45, 2.75) is 45.1 Å². The molecule has 0 aromatic rings. The highest BCUT2D eigenvalue weighted by Crippen LogP contribution is 2.08. The Hall–Kier alpha value is -0.219. The van der Waals surface area contributed by atoms with E-state index in [4.69, 9.17) is 13.0 Å². The molecule has 0 aromatic carbocycles. The van der Waals surface area contributed by atoms with Gasteiger partial charge in [-0.05, 0) is 45.1 Å². The molecule has 0 aromatic heterocycles. The summed E-state index contributed by atoms with van der Waals surface area (Å²) in [6.07, 6.45) is 3.04. The lowest BCUT2D eigenvalue weighted by atomic mass is 10.4. The Morgan fingerprint density at radius 3 is 2.17 bits per heavy atom. The van der Waals surface area contributed by atoms with E-state index in [1.807, 2.05) is 0 Å². The highest BCUT2D eigenvalue weighted by molar-refractivity contribution is 6.67. The molecule has 0 aliphatic carbocycles. The first-order valence-corrected chi connectivity index (χ1v) is 13.5. The number of carbonyl (C=O) groups is 1. The summed E-state index contributed by atoms with van der Waals surface area (Å²) in [6.45, 7) is 12.5. The molecule has 18 heavy (non-hydrogen) atoms.